The minimum atomic E-state index is 0.189. The lowest BCUT2D eigenvalue weighted by Gasteiger charge is -2.45. The molecular formula is C34H50. The Bertz CT molecular complexity index is 788. The maximum atomic E-state index is 2.69. The normalized spacial score (nSPS) is 31.4. The van der Waals surface area contributed by atoms with Gasteiger partial charge in [-0.05, 0) is 55.4 Å². The first kappa shape index (κ1) is 25.5. The molecule has 1 aromatic carbocycles. The topological polar surface area (TPSA) is 0 Å². The molecule has 1 unspecified atom stereocenters. The molecule has 3 aliphatic carbocycles. The Morgan fingerprint density at radius 3 is 2.09 bits per heavy atom. The van der Waals surface area contributed by atoms with Crippen molar-refractivity contribution in [1.29, 1.82) is 0 Å². The molecule has 4 rings (SSSR count). The zero-order valence-corrected chi connectivity index (χ0v) is 22.2. The number of rotatable bonds is 11. The van der Waals surface area contributed by atoms with Gasteiger partial charge in [0.25, 0.3) is 0 Å². The van der Waals surface area contributed by atoms with Gasteiger partial charge in [0.1, 0.15) is 0 Å². The van der Waals surface area contributed by atoms with Crippen molar-refractivity contribution in [3.63, 3.8) is 0 Å². The van der Waals surface area contributed by atoms with Crippen LogP contribution in [-0.4, -0.2) is 0 Å². The fourth-order valence-electron chi connectivity index (χ4n) is 7.12. The largest absolute Gasteiger partial charge is 0.0839 e. The summed E-state index contributed by atoms with van der Waals surface area (Å²) in [6, 6.07) is 11.1. The number of hydrogen-bond acceptors (Lipinski definition) is 0. The Balaban J connectivity index is 1.46. The second kappa shape index (κ2) is 12.9. The SMILES string of the molecule is CCCCCCC1CCC(C2(C3=CCC(CCCC)CC3)C=CC(c3ccccc3)C=C2)CC1. The molecule has 0 nitrogen and oxygen atoms in total. The summed E-state index contributed by atoms with van der Waals surface area (Å²) in [6.07, 6.45) is 34.2. The predicted molar refractivity (Wildman–Crippen MR) is 149 cm³/mol. The lowest BCUT2D eigenvalue weighted by molar-refractivity contribution is 0.189. The Morgan fingerprint density at radius 1 is 0.735 bits per heavy atom. The standard InChI is InChI=1S/C34H50/c1-3-5-7-9-13-29-18-22-33(23-19-29)34(32-20-16-28(17-21-32)12-6-4-2)26-24-31(25-27-34)30-14-10-8-11-15-30/h8,10-11,14-15,20,24-29,31,33H,3-7,9,12-13,16-19,21-23H2,1-2H3. The van der Waals surface area contributed by atoms with Crippen molar-refractivity contribution >= 4 is 0 Å². The molecule has 0 radical (unpaired) electrons. The summed E-state index contributed by atoms with van der Waals surface area (Å²) < 4.78 is 0. The summed E-state index contributed by atoms with van der Waals surface area (Å²) >= 11 is 0. The summed E-state index contributed by atoms with van der Waals surface area (Å²) in [6.45, 7) is 4.66. The molecule has 0 heteroatoms. The summed E-state index contributed by atoms with van der Waals surface area (Å²) in [5.74, 6) is 3.14. The monoisotopic (exact) mass is 458 g/mol. The average Bonchev–Trinajstić information content (AvgIpc) is 2.91. The van der Waals surface area contributed by atoms with Crippen LogP contribution in [0.2, 0.25) is 0 Å². The van der Waals surface area contributed by atoms with Gasteiger partial charge in [0, 0.05) is 11.3 Å². The van der Waals surface area contributed by atoms with Crippen molar-refractivity contribution in [3.8, 4) is 0 Å². The Labute approximate surface area is 211 Å². The number of allylic oxidation sites excluding steroid dienone is 6. The summed E-state index contributed by atoms with van der Waals surface area (Å²) in [5, 5.41) is 0. The quantitative estimate of drug-likeness (QED) is 0.228. The second-order valence-electron chi connectivity index (χ2n) is 11.7. The van der Waals surface area contributed by atoms with Crippen molar-refractivity contribution in [3.05, 3.63) is 71.8 Å². The Kier molecular flexibility index (Phi) is 9.72. The van der Waals surface area contributed by atoms with Gasteiger partial charge in [0.15, 0.2) is 0 Å². The summed E-state index contributed by atoms with van der Waals surface area (Å²) in [4.78, 5) is 0. The molecule has 0 aliphatic heterocycles. The second-order valence-corrected chi connectivity index (χ2v) is 11.7. The van der Waals surface area contributed by atoms with E-state index < -0.39 is 0 Å². The molecule has 0 spiro atoms. The number of hydrogen-bond donors (Lipinski definition) is 0. The highest BCUT2D eigenvalue weighted by Gasteiger charge is 2.41. The first-order chi connectivity index (χ1) is 16.7. The van der Waals surface area contributed by atoms with Gasteiger partial charge in [-0.2, -0.15) is 0 Å². The molecule has 0 amide bonds. The molecule has 1 aromatic rings. The minimum absolute atomic E-state index is 0.189. The van der Waals surface area contributed by atoms with Crippen LogP contribution < -0.4 is 0 Å². The number of unbranched alkanes of at least 4 members (excludes halogenated alkanes) is 4. The van der Waals surface area contributed by atoms with Crippen LogP contribution in [-0.2, 0) is 0 Å². The highest BCUT2D eigenvalue weighted by atomic mass is 14.5. The van der Waals surface area contributed by atoms with E-state index in [9.17, 15) is 0 Å². The van der Waals surface area contributed by atoms with Crippen LogP contribution in [0.25, 0.3) is 0 Å². The minimum Gasteiger partial charge on any atom is -0.0839 e. The molecule has 34 heavy (non-hydrogen) atoms. The van der Waals surface area contributed by atoms with Gasteiger partial charge in [-0.25, -0.2) is 0 Å². The van der Waals surface area contributed by atoms with Gasteiger partial charge in [-0.15, -0.1) is 0 Å². The molecule has 0 saturated heterocycles. The van der Waals surface area contributed by atoms with Gasteiger partial charge < -0.3 is 0 Å². The highest BCUT2D eigenvalue weighted by Crippen LogP contribution is 2.53. The fourth-order valence-corrected chi connectivity index (χ4v) is 7.12. The van der Waals surface area contributed by atoms with Crippen LogP contribution in [0.3, 0.4) is 0 Å². The zero-order chi connectivity index (χ0) is 23.6. The molecule has 0 N–H and O–H groups in total. The van der Waals surface area contributed by atoms with Crippen LogP contribution in [0.4, 0.5) is 0 Å². The van der Waals surface area contributed by atoms with Crippen LogP contribution in [0.1, 0.15) is 122 Å². The molecule has 1 saturated carbocycles. The van der Waals surface area contributed by atoms with Gasteiger partial charge in [-0.3, -0.25) is 0 Å². The Morgan fingerprint density at radius 2 is 1.44 bits per heavy atom. The van der Waals surface area contributed by atoms with E-state index in [4.69, 9.17) is 0 Å². The molecule has 3 aliphatic rings. The van der Waals surface area contributed by atoms with E-state index in [1.54, 1.807) is 5.57 Å². The molecule has 0 bridgehead atoms. The van der Waals surface area contributed by atoms with Crippen molar-refractivity contribution < 1.29 is 0 Å². The third-order valence-corrected chi connectivity index (χ3v) is 9.37. The van der Waals surface area contributed by atoms with E-state index in [1.807, 2.05) is 0 Å². The zero-order valence-electron chi connectivity index (χ0n) is 22.2. The van der Waals surface area contributed by atoms with Crippen LogP contribution >= 0.6 is 0 Å². The summed E-state index contributed by atoms with van der Waals surface area (Å²) in [5.41, 5.74) is 3.37. The first-order valence-corrected chi connectivity index (χ1v) is 14.9. The van der Waals surface area contributed by atoms with Gasteiger partial charge in [-0.1, -0.05) is 144 Å². The van der Waals surface area contributed by atoms with Crippen LogP contribution in [0.5, 0.6) is 0 Å². The van der Waals surface area contributed by atoms with Gasteiger partial charge in [0.05, 0.1) is 0 Å². The molecule has 186 valence electrons. The Hall–Kier alpha value is -1.56. The molecule has 0 aromatic heterocycles. The maximum absolute atomic E-state index is 2.69. The molecule has 1 atom stereocenters. The van der Waals surface area contributed by atoms with E-state index in [-0.39, 0.29) is 5.41 Å². The lowest BCUT2D eigenvalue weighted by Crippen LogP contribution is -2.34. The van der Waals surface area contributed by atoms with Gasteiger partial charge >= 0.3 is 0 Å². The van der Waals surface area contributed by atoms with Crippen molar-refractivity contribution in [2.24, 2.45) is 23.2 Å². The van der Waals surface area contributed by atoms with Crippen LogP contribution in [0, 0.1) is 23.2 Å². The maximum Gasteiger partial charge on any atom is 0.0300 e. The highest BCUT2D eigenvalue weighted by molar-refractivity contribution is 5.41. The van der Waals surface area contributed by atoms with Crippen molar-refractivity contribution in [1.82, 2.24) is 0 Å². The van der Waals surface area contributed by atoms with Crippen molar-refractivity contribution in [2.75, 3.05) is 0 Å². The summed E-state index contributed by atoms with van der Waals surface area (Å²) in [7, 11) is 0. The smallest absolute Gasteiger partial charge is 0.0300 e. The first-order valence-electron chi connectivity index (χ1n) is 14.9. The molecule has 0 heterocycles. The molecule has 1 fully saturated rings. The average molecular weight is 459 g/mol. The van der Waals surface area contributed by atoms with E-state index >= 15 is 0 Å². The number of benzene rings is 1. The third-order valence-electron chi connectivity index (χ3n) is 9.37. The molecular weight excluding hydrogens is 408 g/mol. The fraction of sp³-hybridized carbons (Fsp3) is 0.647. The lowest BCUT2D eigenvalue weighted by atomic mass is 9.59. The van der Waals surface area contributed by atoms with E-state index in [0.29, 0.717) is 5.92 Å². The van der Waals surface area contributed by atoms with Gasteiger partial charge in [0.2, 0.25) is 0 Å². The third kappa shape index (κ3) is 6.35. The van der Waals surface area contributed by atoms with Crippen LogP contribution in [0.15, 0.2) is 66.3 Å². The predicted octanol–water partition coefficient (Wildman–Crippen LogP) is 10.6. The van der Waals surface area contributed by atoms with E-state index in [0.717, 1.165) is 17.8 Å². The van der Waals surface area contributed by atoms with E-state index in [2.05, 4.69) is 74.6 Å². The van der Waals surface area contributed by atoms with E-state index in [1.165, 1.54) is 102 Å². The van der Waals surface area contributed by atoms with Crippen molar-refractivity contribution in [2.45, 2.75) is 116 Å².